The SMILES string of the molecule is C=C1CCCC(N2Cc3c(csc3N)C2=O)C(=O)C1. The van der Waals surface area contributed by atoms with Crippen molar-refractivity contribution in [1.82, 2.24) is 4.90 Å². The number of fused-ring (bicyclic) bond motifs is 1. The van der Waals surface area contributed by atoms with Crippen LogP contribution in [-0.4, -0.2) is 22.6 Å². The molecule has 2 N–H and O–H groups in total. The molecule has 1 aromatic rings. The summed E-state index contributed by atoms with van der Waals surface area (Å²) in [4.78, 5) is 26.3. The molecule has 0 saturated heterocycles. The van der Waals surface area contributed by atoms with E-state index in [0.29, 0.717) is 23.5 Å². The maximum Gasteiger partial charge on any atom is 0.256 e. The van der Waals surface area contributed by atoms with Gasteiger partial charge in [-0.05, 0) is 19.3 Å². The van der Waals surface area contributed by atoms with Crippen LogP contribution in [0.5, 0.6) is 0 Å². The first-order valence-electron chi connectivity index (χ1n) is 6.44. The van der Waals surface area contributed by atoms with Gasteiger partial charge in [0, 0.05) is 17.4 Å². The molecule has 0 radical (unpaired) electrons. The molecule has 1 aromatic heterocycles. The lowest BCUT2D eigenvalue weighted by molar-refractivity contribution is -0.122. The first kappa shape index (κ1) is 12.4. The third-order valence-corrected chi connectivity index (χ3v) is 4.78. The number of allylic oxidation sites excluding steroid dienone is 1. The van der Waals surface area contributed by atoms with E-state index in [1.54, 1.807) is 10.3 Å². The van der Waals surface area contributed by atoms with Crippen LogP contribution in [-0.2, 0) is 11.3 Å². The van der Waals surface area contributed by atoms with Gasteiger partial charge in [0.05, 0.1) is 23.2 Å². The summed E-state index contributed by atoms with van der Waals surface area (Å²) >= 11 is 1.40. The molecule has 100 valence electrons. The minimum atomic E-state index is -0.302. The van der Waals surface area contributed by atoms with Gasteiger partial charge >= 0.3 is 0 Å². The van der Waals surface area contributed by atoms with Gasteiger partial charge in [0.1, 0.15) is 0 Å². The predicted molar refractivity (Wildman–Crippen MR) is 75.0 cm³/mol. The molecule has 1 atom stereocenters. The third kappa shape index (κ3) is 1.98. The average molecular weight is 276 g/mol. The molecule has 0 bridgehead atoms. The molecule has 3 rings (SSSR count). The molecule has 19 heavy (non-hydrogen) atoms. The molecule has 0 spiro atoms. The van der Waals surface area contributed by atoms with Crippen LogP contribution in [0.3, 0.4) is 0 Å². The Morgan fingerprint density at radius 3 is 2.95 bits per heavy atom. The number of anilines is 1. The van der Waals surface area contributed by atoms with Crippen LogP contribution in [0.4, 0.5) is 5.00 Å². The second-order valence-corrected chi connectivity index (χ2v) is 6.14. The number of hydrogen-bond donors (Lipinski definition) is 1. The predicted octanol–water partition coefficient (Wildman–Crippen LogP) is 2.35. The minimum Gasteiger partial charge on any atom is -0.390 e. The number of thiophene rings is 1. The normalized spacial score (nSPS) is 23.7. The van der Waals surface area contributed by atoms with Gasteiger partial charge in [-0.15, -0.1) is 11.3 Å². The number of nitrogens with two attached hydrogens (primary N) is 1. The van der Waals surface area contributed by atoms with Crippen LogP contribution >= 0.6 is 11.3 Å². The van der Waals surface area contributed by atoms with E-state index in [1.807, 2.05) is 0 Å². The lowest BCUT2D eigenvalue weighted by Gasteiger charge is -2.25. The maximum atomic E-state index is 12.4. The van der Waals surface area contributed by atoms with Crippen molar-refractivity contribution in [3.63, 3.8) is 0 Å². The number of carbonyl (C=O) groups excluding carboxylic acids is 2. The summed E-state index contributed by atoms with van der Waals surface area (Å²) in [5.74, 6) is 0.0667. The summed E-state index contributed by atoms with van der Waals surface area (Å²) in [6, 6.07) is -0.302. The molecule has 4 nitrogen and oxygen atoms in total. The standard InChI is InChI=1S/C14H16N2O2S/c1-8-3-2-4-11(12(17)5-8)16-6-9-10(14(16)18)7-19-13(9)15/h7,11H,1-6,15H2. The van der Waals surface area contributed by atoms with E-state index in [-0.39, 0.29) is 17.7 Å². The topological polar surface area (TPSA) is 63.4 Å². The fourth-order valence-electron chi connectivity index (χ4n) is 2.88. The van der Waals surface area contributed by atoms with E-state index >= 15 is 0 Å². The zero-order valence-corrected chi connectivity index (χ0v) is 11.5. The highest BCUT2D eigenvalue weighted by Crippen LogP contribution is 2.36. The summed E-state index contributed by atoms with van der Waals surface area (Å²) < 4.78 is 0. The van der Waals surface area contributed by atoms with Crippen LogP contribution < -0.4 is 5.73 Å². The van der Waals surface area contributed by atoms with Crippen molar-refractivity contribution in [2.24, 2.45) is 0 Å². The van der Waals surface area contributed by atoms with Crippen molar-refractivity contribution in [3.05, 3.63) is 28.7 Å². The highest BCUT2D eigenvalue weighted by molar-refractivity contribution is 7.14. The summed E-state index contributed by atoms with van der Waals surface area (Å²) in [6.07, 6.45) is 2.93. The monoisotopic (exact) mass is 276 g/mol. The van der Waals surface area contributed by atoms with Gasteiger partial charge in [-0.25, -0.2) is 0 Å². The highest BCUT2D eigenvalue weighted by Gasteiger charge is 2.38. The van der Waals surface area contributed by atoms with E-state index in [4.69, 9.17) is 5.73 Å². The van der Waals surface area contributed by atoms with Crippen LogP contribution in [0.15, 0.2) is 17.5 Å². The molecule has 1 aliphatic heterocycles. The number of Topliss-reactive ketones (excluding diaryl/α,β-unsaturated/α-hetero) is 1. The van der Waals surface area contributed by atoms with Gasteiger partial charge in [0.25, 0.3) is 5.91 Å². The number of amides is 1. The van der Waals surface area contributed by atoms with Crippen molar-refractivity contribution < 1.29 is 9.59 Å². The van der Waals surface area contributed by atoms with E-state index < -0.39 is 0 Å². The third-order valence-electron chi connectivity index (χ3n) is 3.93. The lowest BCUT2D eigenvalue weighted by atomic mass is 10.1. The van der Waals surface area contributed by atoms with E-state index in [0.717, 1.165) is 30.4 Å². The number of rotatable bonds is 1. The minimum absolute atomic E-state index is 0.0474. The molecule has 2 aliphatic rings. The first-order valence-corrected chi connectivity index (χ1v) is 7.32. The molecule has 1 amide bonds. The summed E-state index contributed by atoms with van der Waals surface area (Å²) in [5, 5.41) is 2.49. The number of hydrogen-bond acceptors (Lipinski definition) is 4. The molecule has 1 unspecified atom stereocenters. The average Bonchev–Trinajstić information content (AvgIpc) is 2.81. The van der Waals surface area contributed by atoms with Gasteiger partial charge in [-0.2, -0.15) is 0 Å². The van der Waals surface area contributed by atoms with Crippen LogP contribution in [0.1, 0.15) is 41.6 Å². The Hall–Kier alpha value is -1.62. The zero-order valence-electron chi connectivity index (χ0n) is 10.6. The van der Waals surface area contributed by atoms with E-state index in [9.17, 15) is 9.59 Å². The largest absolute Gasteiger partial charge is 0.390 e. The Balaban J connectivity index is 1.86. The number of nitrogen functional groups attached to an aromatic ring is 1. The summed E-state index contributed by atoms with van der Waals surface area (Å²) in [7, 11) is 0. The number of ketones is 1. The molecule has 1 saturated carbocycles. The Morgan fingerprint density at radius 1 is 1.42 bits per heavy atom. The van der Waals surface area contributed by atoms with Gasteiger partial charge < -0.3 is 10.6 Å². The Bertz CT molecular complexity index is 576. The van der Waals surface area contributed by atoms with Gasteiger partial charge in [-0.3, -0.25) is 9.59 Å². The van der Waals surface area contributed by atoms with Gasteiger partial charge in [-0.1, -0.05) is 12.2 Å². The molecule has 0 aromatic carbocycles. The van der Waals surface area contributed by atoms with Crippen LogP contribution in [0.25, 0.3) is 0 Å². The quantitative estimate of drug-likeness (QED) is 0.632. The Kier molecular flexibility index (Phi) is 2.93. The second kappa shape index (κ2) is 4.49. The molecule has 5 heteroatoms. The van der Waals surface area contributed by atoms with Crippen LogP contribution in [0.2, 0.25) is 0 Å². The van der Waals surface area contributed by atoms with Crippen LogP contribution in [0, 0.1) is 0 Å². The number of nitrogens with zero attached hydrogens (tertiary/aromatic N) is 1. The van der Waals surface area contributed by atoms with E-state index in [2.05, 4.69) is 6.58 Å². The molecule has 1 aliphatic carbocycles. The fraction of sp³-hybridized carbons (Fsp3) is 0.429. The zero-order chi connectivity index (χ0) is 13.6. The Morgan fingerprint density at radius 2 is 2.21 bits per heavy atom. The van der Waals surface area contributed by atoms with Gasteiger partial charge in [0.15, 0.2) is 5.78 Å². The van der Waals surface area contributed by atoms with Crippen molar-refractivity contribution in [1.29, 1.82) is 0 Å². The van der Waals surface area contributed by atoms with E-state index in [1.165, 1.54) is 11.3 Å². The second-order valence-electron chi connectivity index (χ2n) is 5.23. The highest BCUT2D eigenvalue weighted by atomic mass is 32.1. The summed E-state index contributed by atoms with van der Waals surface area (Å²) in [6.45, 7) is 4.38. The van der Waals surface area contributed by atoms with Crippen molar-refractivity contribution in [2.45, 2.75) is 38.3 Å². The summed E-state index contributed by atoms with van der Waals surface area (Å²) in [5.41, 5.74) is 8.43. The lowest BCUT2D eigenvalue weighted by Crippen LogP contribution is -2.40. The maximum absolute atomic E-state index is 12.4. The smallest absolute Gasteiger partial charge is 0.256 e. The first-order chi connectivity index (χ1) is 9.08. The number of carbonyl (C=O) groups is 2. The van der Waals surface area contributed by atoms with Crippen molar-refractivity contribution in [3.8, 4) is 0 Å². The Labute approximate surface area is 115 Å². The molecular weight excluding hydrogens is 260 g/mol. The molecule has 2 heterocycles. The molecular formula is C14H16N2O2S. The van der Waals surface area contributed by atoms with Crippen molar-refractivity contribution in [2.75, 3.05) is 5.73 Å². The fourth-order valence-corrected chi connectivity index (χ4v) is 3.68. The molecule has 1 fully saturated rings. The van der Waals surface area contributed by atoms with Crippen molar-refractivity contribution >= 4 is 28.0 Å². The van der Waals surface area contributed by atoms with Gasteiger partial charge in [0.2, 0.25) is 0 Å².